The Morgan fingerprint density at radius 3 is 2.79 bits per heavy atom. The molecule has 0 amide bonds. The Hall–Kier alpha value is -1.33. The maximum absolute atomic E-state index is 13.5. The molecule has 0 bridgehead atoms. The number of hydrogen-bond donors (Lipinski definition) is 1. The van der Waals surface area contributed by atoms with Crippen LogP contribution < -0.4 is 5.32 Å². The van der Waals surface area contributed by atoms with Gasteiger partial charge in [-0.05, 0) is 25.6 Å². The number of aryl methyl sites for hydroxylation is 1. The molecule has 2 heteroatoms. The standard InChI is InChI=1S/C12H14FN/c1-4-5-12(14-3)10-7-6-9(2)8-11(10)13/h1,6-8,12,14H,5H2,2-3H3. The molecule has 74 valence electrons. The Morgan fingerprint density at radius 2 is 2.29 bits per heavy atom. The molecule has 0 heterocycles. The second-order valence-corrected chi connectivity index (χ2v) is 3.27. The van der Waals surface area contributed by atoms with Crippen molar-refractivity contribution in [3.05, 3.63) is 35.1 Å². The van der Waals surface area contributed by atoms with Crippen molar-refractivity contribution in [1.82, 2.24) is 5.32 Å². The topological polar surface area (TPSA) is 12.0 Å². The lowest BCUT2D eigenvalue weighted by molar-refractivity contribution is 0.543. The van der Waals surface area contributed by atoms with E-state index in [1.54, 1.807) is 13.1 Å². The van der Waals surface area contributed by atoms with E-state index in [1.165, 1.54) is 6.07 Å². The summed E-state index contributed by atoms with van der Waals surface area (Å²) in [6.07, 6.45) is 5.71. The van der Waals surface area contributed by atoms with Crippen molar-refractivity contribution in [3.63, 3.8) is 0 Å². The Labute approximate surface area is 84.3 Å². The maximum atomic E-state index is 13.5. The zero-order valence-corrected chi connectivity index (χ0v) is 8.47. The normalized spacial score (nSPS) is 12.1. The molecule has 1 aromatic carbocycles. The largest absolute Gasteiger partial charge is 0.312 e. The highest BCUT2D eigenvalue weighted by Gasteiger charge is 2.12. The lowest BCUT2D eigenvalue weighted by Crippen LogP contribution is -2.17. The smallest absolute Gasteiger partial charge is 0.128 e. The van der Waals surface area contributed by atoms with Crippen molar-refractivity contribution < 1.29 is 4.39 Å². The van der Waals surface area contributed by atoms with E-state index in [2.05, 4.69) is 11.2 Å². The third-order valence-corrected chi connectivity index (χ3v) is 2.20. The van der Waals surface area contributed by atoms with Crippen molar-refractivity contribution in [2.45, 2.75) is 19.4 Å². The van der Waals surface area contributed by atoms with Gasteiger partial charge in [0.25, 0.3) is 0 Å². The predicted molar refractivity (Wildman–Crippen MR) is 56.4 cm³/mol. The Morgan fingerprint density at radius 1 is 1.57 bits per heavy atom. The summed E-state index contributed by atoms with van der Waals surface area (Å²) in [7, 11) is 1.78. The predicted octanol–water partition coefficient (Wildman–Crippen LogP) is 2.42. The van der Waals surface area contributed by atoms with Crippen molar-refractivity contribution in [1.29, 1.82) is 0 Å². The van der Waals surface area contributed by atoms with Crippen LogP contribution in [-0.2, 0) is 0 Å². The van der Waals surface area contributed by atoms with E-state index in [0.29, 0.717) is 12.0 Å². The van der Waals surface area contributed by atoms with Gasteiger partial charge in [-0.1, -0.05) is 12.1 Å². The van der Waals surface area contributed by atoms with Crippen LogP contribution in [0.3, 0.4) is 0 Å². The minimum Gasteiger partial charge on any atom is -0.312 e. The van der Waals surface area contributed by atoms with Crippen LogP contribution in [0, 0.1) is 25.1 Å². The quantitative estimate of drug-likeness (QED) is 0.723. The third-order valence-electron chi connectivity index (χ3n) is 2.20. The first kappa shape index (κ1) is 10.7. The number of nitrogens with one attached hydrogen (secondary N) is 1. The first-order valence-corrected chi connectivity index (χ1v) is 4.55. The van der Waals surface area contributed by atoms with Crippen molar-refractivity contribution in [2.24, 2.45) is 0 Å². The minimum atomic E-state index is -0.195. The fraction of sp³-hybridized carbons (Fsp3) is 0.333. The molecule has 1 nitrogen and oxygen atoms in total. The van der Waals surface area contributed by atoms with Gasteiger partial charge in [-0.2, -0.15) is 0 Å². The lowest BCUT2D eigenvalue weighted by atomic mass is 10.0. The molecule has 1 rings (SSSR count). The molecule has 0 aliphatic rings. The molecule has 1 N–H and O–H groups in total. The van der Waals surface area contributed by atoms with E-state index < -0.39 is 0 Å². The molecular weight excluding hydrogens is 177 g/mol. The van der Waals surface area contributed by atoms with Crippen LogP contribution in [0.1, 0.15) is 23.6 Å². The van der Waals surface area contributed by atoms with Crippen LogP contribution in [0.2, 0.25) is 0 Å². The molecule has 1 aromatic rings. The summed E-state index contributed by atoms with van der Waals surface area (Å²) in [4.78, 5) is 0. The van der Waals surface area contributed by atoms with E-state index in [4.69, 9.17) is 6.42 Å². The van der Waals surface area contributed by atoms with Gasteiger partial charge in [0, 0.05) is 18.0 Å². The number of benzene rings is 1. The molecule has 14 heavy (non-hydrogen) atoms. The summed E-state index contributed by atoms with van der Waals surface area (Å²) in [5.74, 6) is 2.34. The van der Waals surface area contributed by atoms with Gasteiger partial charge in [0.1, 0.15) is 5.82 Å². The molecule has 0 saturated carbocycles. The van der Waals surface area contributed by atoms with Gasteiger partial charge in [-0.15, -0.1) is 12.3 Å². The average Bonchev–Trinajstić information content (AvgIpc) is 2.15. The summed E-state index contributed by atoms with van der Waals surface area (Å²) in [5, 5.41) is 3.00. The van der Waals surface area contributed by atoms with Crippen LogP contribution in [0.25, 0.3) is 0 Å². The number of terminal acetylenes is 1. The van der Waals surface area contributed by atoms with Crippen molar-refractivity contribution >= 4 is 0 Å². The van der Waals surface area contributed by atoms with E-state index in [-0.39, 0.29) is 11.9 Å². The fourth-order valence-electron chi connectivity index (χ4n) is 1.40. The Kier molecular flexibility index (Phi) is 3.67. The Bertz CT molecular complexity index is 352. The SMILES string of the molecule is C#CCC(NC)c1ccc(C)cc1F. The summed E-state index contributed by atoms with van der Waals surface area (Å²) in [6.45, 7) is 1.86. The van der Waals surface area contributed by atoms with Gasteiger partial charge in [-0.3, -0.25) is 0 Å². The van der Waals surface area contributed by atoms with Gasteiger partial charge in [-0.25, -0.2) is 4.39 Å². The monoisotopic (exact) mass is 191 g/mol. The van der Waals surface area contributed by atoms with E-state index in [1.807, 2.05) is 13.0 Å². The summed E-state index contributed by atoms with van der Waals surface area (Å²) in [5.41, 5.74) is 1.55. The molecule has 0 saturated heterocycles. The molecule has 1 atom stereocenters. The van der Waals surface area contributed by atoms with Gasteiger partial charge in [0.05, 0.1) is 0 Å². The average molecular weight is 191 g/mol. The second kappa shape index (κ2) is 4.78. The molecule has 0 spiro atoms. The third kappa shape index (κ3) is 2.34. The first-order valence-electron chi connectivity index (χ1n) is 4.55. The van der Waals surface area contributed by atoms with Gasteiger partial charge < -0.3 is 5.32 Å². The van der Waals surface area contributed by atoms with E-state index in [0.717, 1.165) is 5.56 Å². The van der Waals surface area contributed by atoms with Gasteiger partial charge >= 0.3 is 0 Å². The van der Waals surface area contributed by atoms with E-state index >= 15 is 0 Å². The molecule has 0 radical (unpaired) electrons. The van der Waals surface area contributed by atoms with Crippen molar-refractivity contribution in [3.8, 4) is 12.3 Å². The summed E-state index contributed by atoms with van der Waals surface area (Å²) >= 11 is 0. The number of hydrogen-bond acceptors (Lipinski definition) is 1. The first-order chi connectivity index (χ1) is 6.69. The lowest BCUT2D eigenvalue weighted by Gasteiger charge is -2.14. The molecule has 0 aliphatic carbocycles. The molecule has 0 aromatic heterocycles. The fourth-order valence-corrected chi connectivity index (χ4v) is 1.40. The van der Waals surface area contributed by atoms with Crippen LogP contribution in [0.15, 0.2) is 18.2 Å². The number of halogens is 1. The van der Waals surface area contributed by atoms with Gasteiger partial charge in [0.15, 0.2) is 0 Å². The van der Waals surface area contributed by atoms with E-state index in [9.17, 15) is 4.39 Å². The molecule has 0 aliphatic heterocycles. The highest BCUT2D eigenvalue weighted by atomic mass is 19.1. The zero-order valence-electron chi connectivity index (χ0n) is 8.47. The highest BCUT2D eigenvalue weighted by molar-refractivity contribution is 5.26. The van der Waals surface area contributed by atoms with Crippen LogP contribution in [0.4, 0.5) is 4.39 Å². The summed E-state index contributed by atoms with van der Waals surface area (Å²) < 4.78 is 13.5. The maximum Gasteiger partial charge on any atom is 0.128 e. The number of rotatable bonds is 3. The second-order valence-electron chi connectivity index (χ2n) is 3.27. The molecule has 1 unspecified atom stereocenters. The Balaban J connectivity index is 2.99. The zero-order chi connectivity index (χ0) is 10.6. The van der Waals surface area contributed by atoms with Crippen LogP contribution in [-0.4, -0.2) is 7.05 Å². The highest BCUT2D eigenvalue weighted by Crippen LogP contribution is 2.20. The van der Waals surface area contributed by atoms with Crippen LogP contribution >= 0.6 is 0 Å². The summed E-state index contributed by atoms with van der Waals surface area (Å²) in [6, 6.07) is 5.10. The van der Waals surface area contributed by atoms with Crippen molar-refractivity contribution in [2.75, 3.05) is 7.05 Å². The molecular formula is C12H14FN. The van der Waals surface area contributed by atoms with Crippen LogP contribution in [0.5, 0.6) is 0 Å². The molecule has 0 fully saturated rings. The minimum absolute atomic E-state index is 0.0967. The van der Waals surface area contributed by atoms with Gasteiger partial charge in [0.2, 0.25) is 0 Å².